The first-order chi connectivity index (χ1) is 13.0. The van der Waals surface area contributed by atoms with E-state index in [1.165, 1.54) is 0 Å². The number of aliphatic hydroxyl groups excluding tert-OH is 1. The smallest absolute Gasteiger partial charge is 0.274 e. The molecule has 1 N–H and O–H groups in total. The summed E-state index contributed by atoms with van der Waals surface area (Å²) in [4.78, 5) is 14.6. The Hall–Kier alpha value is -2.18. The van der Waals surface area contributed by atoms with Crippen LogP contribution in [0, 0.1) is 6.92 Å². The standard InChI is InChI=1S/C21H27N3O3/c1-15-12-18(22-23(15)2)20(26)24-10-8-21(9-11-24)14-17(25)13-19(27-21)16-6-4-3-5-7-16/h3-7,12,17,19,25H,8-11,13-14H2,1-2H3/t17-,19-/m1/s1. The quantitative estimate of drug-likeness (QED) is 0.884. The Bertz CT molecular complexity index is 790. The molecule has 27 heavy (non-hydrogen) atoms. The number of aliphatic hydroxyl groups is 1. The van der Waals surface area contributed by atoms with E-state index in [1.807, 2.05) is 43.1 Å². The van der Waals surface area contributed by atoms with Crippen LogP contribution in [0.5, 0.6) is 0 Å². The predicted molar refractivity (Wildman–Crippen MR) is 101 cm³/mol. The van der Waals surface area contributed by atoms with Crippen molar-refractivity contribution < 1.29 is 14.6 Å². The molecule has 1 amide bonds. The maximum absolute atomic E-state index is 12.7. The second-order valence-corrected chi connectivity index (χ2v) is 7.88. The molecule has 6 nitrogen and oxygen atoms in total. The van der Waals surface area contributed by atoms with Gasteiger partial charge in [0.05, 0.1) is 17.8 Å². The fraction of sp³-hybridized carbons (Fsp3) is 0.524. The second kappa shape index (κ2) is 7.09. The lowest BCUT2D eigenvalue weighted by Crippen LogP contribution is -2.52. The molecule has 2 aliphatic heterocycles. The number of nitrogens with zero attached hydrogens (tertiary/aromatic N) is 3. The Morgan fingerprint density at radius 1 is 1.26 bits per heavy atom. The molecule has 3 heterocycles. The van der Waals surface area contributed by atoms with Gasteiger partial charge in [0.25, 0.3) is 5.91 Å². The number of benzene rings is 1. The number of hydrogen-bond acceptors (Lipinski definition) is 4. The lowest BCUT2D eigenvalue weighted by Gasteiger charge is -2.48. The Morgan fingerprint density at radius 3 is 2.59 bits per heavy atom. The van der Waals surface area contributed by atoms with Crippen LogP contribution in [0.25, 0.3) is 0 Å². The summed E-state index contributed by atoms with van der Waals surface area (Å²) >= 11 is 0. The lowest BCUT2D eigenvalue weighted by molar-refractivity contribution is -0.181. The summed E-state index contributed by atoms with van der Waals surface area (Å²) in [6.45, 7) is 3.20. The van der Waals surface area contributed by atoms with Crippen molar-refractivity contribution in [2.24, 2.45) is 7.05 Å². The fourth-order valence-electron chi connectivity index (χ4n) is 4.30. The molecule has 0 unspecified atom stereocenters. The van der Waals surface area contributed by atoms with Crippen LogP contribution in [-0.4, -0.2) is 50.5 Å². The number of piperidine rings is 1. The predicted octanol–water partition coefficient (Wildman–Crippen LogP) is 2.62. The van der Waals surface area contributed by atoms with Gasteiger partial charge in [0.15, 0.2) is 5.69 Å². The highest BCUT2D eigenvalue weighted by Crippen LogP contribution is 2.43. The van der Waals surface area contributed by atoms with Gasteiger partial charge >= 0.3 is 0 Å². The Morgan fingerprint density at radius 2 is 1.96 bits per heavy atom. The molecule has 2 aliphatic rings. The fourth-order valence-corrected chi connectivity index (χ4v) is 4.30. The van der Waals surface area contributed by atoms with E-state index in [0.717, 1.165) is 24.1 Å². The molecular formula is C21H27N3O3. The van der Waals surface area contributed by atoms with Crippen LogP contribution in [0.2, 0.25) is 0 Å². The molecule has 0 saturated carbocycles. The summed E-state index contributed by atoms with van der Waals surface area (Å²) in [5.74, 6) is -0.0236. The molecule has 6 heteroatoms. The summed E-state index contributed by atoms with van der Waals surface area (Å²) < 4.78 is 8.24. The third-order valence-corrected chi connectivity index (χ3v) is 5.95. The number of carbonyl (C=O) groups is 1. The molecule has 144 valence electrons. The van der Waals surface area contributed by atoms with Crippen LogP contribution in [0.15, 0.2) is 36.4 Å². The van der Waals surface area contributed by atoms with E-state index in [1.54, 1.807) is 4.68 Å². The summed E-state index contributed by atoms with van der Waals surface area (Å²) in [7, 11) is 1.85. The van der Waals surface area contributed by atoms with Crippen molar-refractivity contribution >= 4 is 5.91 Å². The molecule has 0 aliphatic carbocycles. The summed E-state index contributed by atoms with van der Waals surface area (Å²) in [6, 6.07) is 11.9. The van der Waals surface area contributed by atoms with E-state index in [0.29, 0.717) is 31.6 Å². The number of likely N-dealkylation sites (tertiary alicyclic amines) is 1. The molecule has 1 aromatic carbocycles. The van der Waals surface area contributed by atoms with Crippen LogP contribution < -0.4 is 0 Å². The monoisotopic (exact) mass is 369 g/mol. The third-order valence-electron chi connectivity index (χ3n) is 5.95. The average molecular weight is 369 g/mol. The Labute approximate surface area is 159 Å². The number of rotatable bonds is 2. The van der Waals surface area contributed by atoms with E-state index in [2.05, 4.69) is 17.2 Å². The van der Waals surface area contributed by atoms with Crippen molar-refractivity contribution in [2.45, 2.75) is 50.4 Å². The van der Waals surface area contributed by atoms with Crippen molar-refractivity contribution in [3.63, 3.8) is 0 Å². The minimum Gasteiger partial charge on any atom is -0.393 e. The molecule has 0 bridgehead atoms. The Balaban J connectivity index is 1.44. The normalized spacial score (nSPS) is 24.9. The number of amides is 1. The second-order valence-electron chi connectivity index (χ2n) is 7.88. The molecule has 2 aromatic rings. The third kappa shape index (κ3) is 3.64. The van der Waals surface area contributed by atoms with Crippen molar-refractivity contribution in [1.29, 1.82) is 0 Å². The summed E-state index contributed by atoms with van der Waals surface area (Å²) in [5.41, 5.74) is 2.22. The van der Waals surface area contributed by atoms with E-state index in [4.69, 9.17) is 4.74 Å². The van der Waals surface area contributed by atoms with E-state index in [9.17, 15) is 9.90 Å². The Kier molecular flexibility index (Phi) is 4.78. The van der Waals surface area contributed by atoms with Gasteiger partial charge in [0.2, 0.25) is 0 Å². The van der Waals surface area contributed by atoms with Crippen LogP contribution in [0.4, 0.5) is 0 Å². The molecule has 2 fully saturated rings. The van der Waals surface area contributed by atoms with Gasteiger partial charge in [-0.15, -0.1) is 0 Å². The highest BCUT2D eigenvalue weighted by Gasteiger charge is 2.44. The maximum atomic E-state index is 12.7. The zero-order valence-electron chi connectivity index (χ0n) is 16.0. The van der Waals surface area contributed by atoms with Gasteiger partial charge in [-0.2, -0.15) is 5.10 Å². The summed E-state index contributed by atoms with van der Waals surface area (Å²) in [6.07, 6.45) is 2.29. The van der Waals surface area contributed by atoms with E-state index in [-0.39, 0.29) is 23.7 Å². The number of hydrogen-bond donors (Lipinski definition) is 1. The lowest BCUT2D eigenvalue weighted by atomic mass is 9.81. The first-order valence-corrected chi connectivity index (χ1v) is 9.66. The topological polar surface area (TPSA) is 67.6 Å². The number of ether oxygens (including phenoxy) is 1. The van der Waals surface area contributed by atoms with Crippen LogP contribution in [0.1, 0.15) is 53.5 Å². The molecule has 0 radical (unpaired) electrons. The zero-order valence-corrected chi connectivity index (χ0v) is 16.0. The SMILES string of the molecule is Cc1cc(C(=O)N2CCC3(CC2)C[C@H](O)C[C@H](c2ccccc2)O3)nn1C. The van der Waals surface area contributed by atoms with Gasteiger partial charge in [0, 0.05) is 38.7 Å². The van der Waals surface area contributed by atoms with Crippen LogP contribution in [0.3, 0.4) is 0 Å². The number of aromatic nitrogens is 2. The van der Waals surface area contributed by atoms with E-state index >= 15 is 0 Å². The van der Waals surface area contributed by atoms with Gasteiger partial charge in [-0.3, -0.25) is 9.48 Å². The average Bonchev–Trinajstić information content (AvgIpc) is 3.01. The molecule has 1 aromatic heterocycles. The highest BCUT2D eigenvalue weighted by atomic mass is 16.5. The molecular weight excluding hydrogens is 342 g/mol. The molecule has 2 atom stereocenters. The van der Waals surface area contributed by atoms with Crippen molar-refractivity contribution in [3.05, 3.63) is 53.3 Å². The first kappa shape index (κ1) is 18.2. The van der Waals surface area contributed by atoms with Gasteiger partial charge < -0.3 is 14.7 Å². The molecule has 2 saturated heterocycles. The zero-order chi connectivity index (χ0) is 19.0. The largest absolute Gasteiger partial charge is 0.393 e. The first-order valence-electron chi connectivity index (χ1n) is 9.66. The molecule has 1 spiro atoms. The maximum Gasteiger partial charge on any atom is 0.274 e. The van der Waals surface area contributed by atoms with E-state index < -0.39 is 0 Å². The van der Waals surface area contributed by atoms with Gasteiger partial charge in [0.1, 0.15) is 0 Å². The van der Waals surface area contributed by atoms with Gasteiger partial charge in [-0.1, -0.05) is 30.3 Å². The minimum absolute atomic E-state index is 0.0236. The molecule has 4 rings (SSSR count). The number of carbonyl (C=O) groups excluding carboxylic acids is 1. The minimum atomic E-state index is -0.371. The van der Waals surface area contributed by atoms with Crippen molar-refractivity contribution in [3.8, 4) is 0 Å². The van der Waals surface area contributed by atoms with Crippen molar-refractivity contribution in [1.82, 2.24) is 14.7 Å². The van der Waals surface area contributed by atoms with Crippen LogP contribution >= 0.6 is 0 Å². The van der Waals surface area contributed by atoms with Gasteiger partial charge in [-0.05, 0) is 31.4 Å². The van der Waals surface area contributed by atoms with Crippen molar-refractivity contribution in [2.75, 3.05) is 13.1 Å². The number of aryl methyl sites for hydroxylation is 2. The highest BCUT2D eigenvalue weighted by molar-refractivity contribution is 5.92. The summed E-state index contributed by atoms with van der Waals surface area (Å²) in [5, 5.41) is 14.8. The van der Waals surface area contributed by atoms with Gasteiger partial charge in [-0.25, -0.2) is 0 Å². The van der Waals surface area contributed by atoms with Crippen LogP contribution in [-0.2, 0) is 11.8 Å².